The van der Waals surface area contributed by atoms with Crippen LogP contribution in [0, 0.1) is 0 Å². The molecule has 2 aliphatic heterocycles. The van der Waals surface area contributed by atoms with E-state index < -0.39 is 0 Å². The Labute approximate surface area is 213 Å². The molecule has 0 radical (unpaired) electrons. The highest BCUT2D eigenvalue weighted by molar-refractivity contribution is 5.96. The number of hydrazone groups is 1. The molecule has 6 heteroatoms. The molecule has 2 saturated heterocycles. The number of hydrogen-bond donors (Lipinski definition) is 1. The molecule has 35 heavy (non-hydrogen) atoms. The third-order valence-electron chi connectivity index (χ3n) is 7.36. The SMILES string of the molecule is C/C(=N\N1[C@H](C)CCC[C@@H]1C)c1ccccn1.C[C@@H]1CCC[C@H](C)N1NC(C)(C)c1ccccn1. The minimum Gasteiger partial charge on any atom is -0.291 e. The van der Waals surface area contributed by atoms with Gasteiger partial charge in [-0.3, -0.25) is 15.0 Å². The fraction of sp³-hybridized carbons (Fsp3) is 0.621. The molecule has 6 nitrogen and oxygen atoms in total. The molecule has 192 valence electrons. The smallest absolute Gasteiger partial charge is 0.0859 e. The summed E-state index contributed by atoms with van der Waals surface area (Å²) >= 11 is 0. The Bertz CT molecular complexity index is 893. The van der Waals surface area contributed by atoms with Crippen LogP contribution in [0.5, 0.6) is 0 Å². The van der Waals surface area contributed by atoms with Crippen LogP contribution in [-0.4, -0.2) is 49.9 Å². The molecule has 4 heterocycles. The van der Waals surface area contributed by atoms with Gasteiger partial charge in [0.15, 0.2) is 0 Å². The minimum atomic E-state index is -0.124. The summed E-state index contributed by atoms with van der Waals surface area (Å²) in [6.45, 7) is 15.5. The number of hydrogen-bond acceptors (Lipinski definition) is 6. The summed E-state index contributed by atoms with van der Waals surface area (Å²) in [6, 6.07) is 14.3. The molecule has 2 fully saturated rings. The Balaban J connectivity index is 0.000000196. The average molecular weight is 479 g/mol. The second-order valence-corrected chi connectivity index (χ2v) is 10.9. The van der Waals surface area contributed by atoms with Crippen molar-refractivity contribution in [2.24, 2.45) is 5.10 Å². The quantitative estimate of drug-likeness (QED) is 0.522. The van der Waals surface area contributed by atoms with Gasteiger partial charge in [-0.05, 0) is 105 Å². The van der Waals surface area contributed by atoms with Gasteiger partial charge in [-0.25, -0.2) is 10.4 Å². The number of aromatic nitrogens is 2. The lowest BCUT2D eigenvalue weighted by Gasteiger charge is -2.44. The van der Waals surface area contributed by atoms with Gasteiger partial charge in [0.2, 0.25) is 0 Å². The molecular formula is C29H46N6. The van der Waals surface area contributed by atoms with Crippen LogP contribution in [0.15, 0.2) is 53.9 Å². The van der Waals surface area contributed by atoms with Crippen molar-refractivity contribution in [1.29, 1.82) is 0 Å². The Morgan fingerprint density at radius 1 is 0.829 bits per heavy atom. The normalized spacial score (nSPS) is 26.1. The maximum Gasteiger partial charge on any atom is 0.0859 e. The molecule has 0 amide bonds. The summed E-state index contributed by atoms with van der Waals surface area (Å²) in [6.07, 6.45) is 11.4. The van der Waals surface area contributed by atoms with Gasteiger partial charge in [0.25, 0.3) is 0 Å². The summed E-state index contributed by atoms with van der Waals surface area (Å²) in [5, 5.41) is 9.41. The van der Waals surface area contributed by atoms with Crippen molar-refractivity contribution in [2.45, 2.75) is 117 Å². The van der Waals surface area contributed by atoms with Crippen LogP contribution < -0.4 is 5.43 Å². The standard InChI is InChI=1S/C15H25N3.C14H21N3/c1-12-8-7-9-13(2)18(12)17-15(3,4)14-10-5-6-11-16-14;1-11-7-6-8-12(2)17(11)16-13(3)14-9-4-5-10-15-14/h5-6,10-13,17H,7-9H2,1-4H3;4-5,9-12H,6-8H2,1-3H3/b;16-13+/t12-,13+;11-,12+. The largest absolute Gasteiger partial charge is 0.291 e. The Morgan fingerprint density at radius 2 is 1.37 bits per heavy atom. The van der Waals surface area contributed by atoms with Gasteiger partial charge in [-0.1, -0.05) is 18.6 Å². The number of rotatable bonds is 5. The molecule has 2 aromatic heterocycles. The Morgan fingerprint density at radius 3 is 1.89 bits per heavy atom. The summed E-state index contributed by atoms with van der Waals surface area (Å²) in [5.74, 6) is 0. The number of piperidine rings is 2. The predicted molar refractivity (Wildman–Crippen MR) is 146 cm³/mol. The average Bonchev–Trinajstić information content (AvgIpc) is 2.85. The molecular weight excluding hydrogens is 432 g/mol. The molecule has 0 aliphatic carbocycles. The van der Waals surface area contributed by atoms with Gasteiger partial charge in [0, 0.05) is 36.6 Å². The lowest BCUT2D eigenvalue weighted by Crippen LogP contribution is -2.58. The van der Waals surface area contributed by atoms with Crippen LogP contribution in [0.1, 0.15) is 98.4 Å². The number of nitrogens with zero attached hydrogens (tertiary/aromatic N) is 5. The highest BCUT2D eigenvalue weighted by Gasteiger charge is 2.31. The molecule has 0 saturated carbocycles. The Kier molecular flexibility index (Phi) is 9.81. The fourth-order valence-corrected chi connectivity index (χ4v) is 5.16. The molecule has 0 spiro atoms. The molecule has 4 rings (SSSR count). The lowest BCUT2D eigenvalue weighted by molar-refractivity contribution is 0.00690. The van der Waals surface area contributed by atoms with E-state index in [2.05, 4.69) is 79.1 Å². The molecule has 2 aliphatic rings. The second kappa shape index (κ2) is 12.6. The fourth-order valence-electron chi connectivity index (χ4n) is 5.16. The van der Waals surface area contributed by atoms with Crippen LogP contribution >= 0.6 is 0 Å². The van der Waals surface area contributed by atoms with Gasteiger partial charge in [-0.15, -0.1) is 0 Å². The highest BCUT2D eigenvalue weighted by Crippen LogP contribution is 2.25. The second-order valence-electron chi connectivity index (χ2n) is 10.9. The van der Waals surface area contributed by atoms with E-state index in [-0.39, 0.29) is 5.54 Å². The van der Waals surface area contributed by atoms with Crippen molar-refractivity contribution in [3.05, 3.63) is 60.2 Å². The van der Waals surface area contributed by atoms with Gasteiger partial charge >= 0.3 is 0 Å². The summed E-state index contributed by atoms with van der Waals surface area (Å²) in [7, 11) is 0. The zero-order valence-corrected chi connectivity index (χ0v) is 22.9. The van der Waals surface area contributed by atoms with Crippen molar-refractivity contribution in [3.63, 3.8) is 0 Å². The van der Waals surface area contributed by atoms with Crippen molar-refractivity contribution in [2.75, 3.05) is 0 Å². The molecule has 1 N–H and O–H groups in total. The molecule has 0 bridgehead atoms. The van der Waals surface area contributed by atoms with Gasteiger partial charge in [-0.2, -0.15) is 5.10 Å². The van der Waals surface area contributed by atoms with Crippen molar-refractivity contribution >= 4 is 5.71 Å². The maximum atomic E-state index is 4.76. The summed E-state index contributed by atoms with van der Waals surface area (Å²) in [4.78, 5) is 8.81. The van der Waals surface area contributed by atoms with Crippen LogP contribution in [-0.2, 0) is 5.54 Å². The molecule has 0 aromatic carbocycles. The zero-order valence-electron chi connectivity index (χ0n) is 22.9. The molecule has 4 atom stereocenters. The van der Waals surface area contributed by atoms with E-state index in [1.807, 2.05) is 43.6 Å². The third-order valence-corrected chi connectivity index (χ3v) is 7.36. The van der Waals surface area contributed by atoms with Crippen LogP contribution in [0.3, 0.4) is 0 Å². The number of hydrazine groups is 1. The molecule has 2 aromatic rings. The maximum absolute atomic E-state index is 4.76. The summed E-state index contributed by atoms with van der Waals surface area (Å²) in [5.41, 5.74) is 6.63. The van der Waals surface area contributed by atoms with E-state index in [9.17, 15) is 0 Å². The van der Waals surface area contributed by atoms with E-state index in [4.69, 9.17) is 5.10 Å². The van der Waals surface area contributed by atoms with Crippen LogP contribution in [0.25, 0.3) is 0 Å². The van der Waals surface area contributed by atoms with E-state index in [0.29, 0.717) is 24.2 Å². The third kappa shape index (κ3) is 7.58. The summed E-state index contributed by atoms with van der Waals surface area (Å²) < 4.78 is 0. The van der Waals surface area contributed by atoms with Crippen LogP contribution in [0.2, 0.25) is 0 Å². The van der Waals surface area contributed by atoms with Crippen molar-refractivity contribution in [1.82, 2.24) is 25.4 Å². The van der Waals surface area contributed by atoms with Crippen LogP contribution in [0.4, 0.5) is 0 Å². The minimum absolute atomic E-state index is 0.124. The number of nitrogens with one attached hydrogen (secondary N) is 1. The van der Waals surface area contributed by atoms with E-state index in [1.165, 1.54) is 38.5 Å². The van der Waals surface area contributed by atoms with E-state index >= 15 is 0 Å². The van der Waals surface area contributed by atoms with Crippen molar-refractivity contribution < 1.29 is 0 Å². The van der Waals surface area contributed by atoms with E-state index in [1.54, 1.807) is 0 Å². The predicted octanol–water partition coefficient (Wildman–Crippen LogP) is 6.15. The zero-order chi connectivity index (χ0) is 25.4. The van der Waals surface area contributed by atoms with Gasteiger partial charge in [0.1, 0.15) is 0 Å². The lowest BCUT2D eigenvalue weighted by atomic mass is 9.97. The van der Waals surface area contributed by atoms with E-state index in [0.717, 1.165) is 17.1 Å². The first kappa shape index (κ1) is 27.3. The first-order chi connectivity index (χ1) is 16.7. The number of pyridine rings is 2. The first-order valence-electron chi connectivity index (χ1n) is 13.4. The monoisotopic (exact) mass is 478 g/mol. The highest BCUT2D eigenvalue weighted by atomic mass is 15.6. The first-order valence-corrected chi connectivity index (χ1v) is 13.4. The van der Waals surface area contributed by atoms with Gasteiger partial charge in [0.05, 0.1) is 22.6 Å². The Hall–Kier alpha value is -2.31. The van der Waals surface area contributed by atoms with Gasteiger partial charge < -0.3 is 0 Å². The van der Waals surface area contributed by atoms with Crippen molar-refractivity contribution in [3.8, 4) is 0 Å². The topological polar surface area (TPSA) is 56.7 Å². The molecule has 0 unspecified atom stereocenters.